The first-order chi connectivity index (χ1) is 6.31. The Morgan fingerprint density at radius 1 is 1.31 bits per heavy atom. The SMILES string of the molecule is N#CC1CCN(C2CCCC2N)C1. The lowest BCUT2D eigenvalue weighted by atomic mass is 10.1. The molecular formula is C10H17N3. The average molecular weight is 179 g/mol. The maximum absolute atomic E-state index is 8.78. The number of likely N-dealkylation sites (tertiary alicyclic amines) is 1. The van der Waals surface area contributed by atoms with Crippen LogP contribution in [0.4, 0.5) is 0 Å². The van der Waals surface area contributed by atoms with Gasteiger partial charge in [-0.15, -0.1) is 0 Å². The molecule has 1 aliphatic heterocycles. The fraction of sp³-hybridized carbons (Fsp3) is 0.900. The van der Waals surface area contributed by atoms with E-state index in [4.69, 9.17) is 11.0 Å². The van der Waals surface area contributed by atoms with Crippen molar-refractivity contribution in [3.63, 3.8) is 0 Å². The van der Waals surface area contributed by atoms with Gasteiger partial charge in [-0.05, 0) is 25.8 Å². The van der Waals surface area contributed by atoms with Gasteiger partial charge in [0.1, 0.15) is 0 Å². The monoisotopic (exact) mass is 179 g/mol. The molecule has 1 heterocycles. The molecule has 0 radical (unpaired) electrons. The third kappa shape index (κ3) is 1.70. The Bertz CT molecular complexity index is 221. The summed E-state index contributed by atoms with van der Waals surface area (Å²) in [7, 11) is 0. The molecule has 0 spiro atoms. The average Bonchev–Trinajstić information content (AvgIpc) is 2.71. The number of hydrogen-bond acceptors (Lipinski definition) is 3. The van der Waals surface area contributed by atoms with Crippen LogP contribution in [0.5, 0.6) is 0 Å². The van der Waals surface area contributed by atoms with Crippen LogP contribution in [0.1, 0.15) is 25.7 Å². The predicted octanol–water partition coefficient (Wildman–Crippen LogP) is 0.712. The number of nitrogens with two attached hydrogens (primary N) is 1. The van der Waals surface area contributed by atoms with E-state index >= 15 is 0 Å². The van der Waals surface area contributed by atoms with Crippen molar-refractivity contribution in [2.75, 3.05) is 13.1 Å². The van der Waals surface area contributed by atoms with E-state index in [1.807, 2.05) is 0 Å². The van der Waals surface area contributed by atoms with Gasteiger partial charge in [0.25, 0.3) is 0 Å². The van der Waals surface area contributed by atoms with Gasteiger partial charge in [-0.3, -0.25) is 4.90 Å². The van der Waals surface area contributed by atoms with E-state index in [0.29, 0.717) is 12.1 Å². The zero-order valence-electron chi connectivity index (χ0n) is 7.95. The summed E-state index contributed by atoms with van der Waals surface area (Å²) in [4.78, 5) is 2.42. The quantitative estimate of drug-likeness (QED) is 0.645. The first kappa shape index (κ1) is 8.98. The summed E-state index contributed by atoms with van der Waals surface area (Å²) in [5.74, 6) is 0.257. The largest absolute Gasteiger partial charge is 0.326 e. The molecule has 0 bridgehead atoms. The minimum atomic E-state index is 0.257. The van der Waals surface area contributed by atoms with E-state index in [2.05, 4.69) is 11.0 Å². The van der Waals surface area contributed by atoms with Gasteiger partial charge < -0.3 is 5.73 Å². The highest BCUT2D eigenvalue weighted by Crippen LogP contribution is 2.27. The molecule has 1 aliphatic carbocycles. The molecule has 3 unspecified atom stereocenters. The van der Waals surface area contributed by atoms with Crippen LogP contribution >= 0.6 is 0 Å². The molecule has 0 aromatic rings. The summed E-state index contributed by atoms with van der Waals surface area (Å²) in [6.07, 6.45) is 4.71. The van der Waals surface area contributed by atoms with Crippen molar-refractivity contribution in [1.82, 2.24) is 4.90 Å². The number of nitriles is 1. The van der Waals surface area contributed by atoms with Gasteiger partial charge in [0.2, 0.25) is 0 Å². The Morgan fingerprint density at radius 2 is 2.15 bits per heavy atom. The Labute approximate surface area is 79.5 Å². The van der Waals surface area contributed by atoms with Gasteiger partial charge in [-0.25, -0.2) is 0 Å². The van der Waals surface area contributed by atoms with Crippen molar-refractivity contribution < 1.29 is 0 Å². The van der Waals surface area contributed by atoms with Crippen LogP contribution in [-0.2, 0) is 0 Å². The highest BCUT2D eigenvalue weighted by atomic mass is 15.2. The van der Waals surface area contributed by atoms with Crippen molar-refractivity contribution >= 4 is 0 Å². The maximum atomic E-state index is 8.78. The maximum Gasteiger partial charge on any atom is 0.0669 e. The van der Waals surface area contributed by atoms with Gasteiger partial charge >= 0.3 is 0 Å². The van der Waals surface area contributed by atoms with E-state index in [-0.39, 0.29) is 5.92 Å². The lowest BCUT2D eigenvalue weighted by Crippen LogP contribution is -2.43. The Kier molecular flexibility index (Phi) is 2.52. The van der Waals surface area contributed by atoms with Gasteiger partial charge in [0.15, 0.2) is 0 Å². The fourth-order valence-corrected chi connectivity index (χ4v) is 2.62. The summed E-state index contributed by atoms with van der Waals surface area (Å²) < 4.78 is 0. The van der Waals surface area contributed by atoms with Crippen molar-refractivity contribution in [3.05, 3.63) is 0 Å². The topological polar surface area (TPSA) is 53.0 Å². The molecule has 0 aromatic carbocycles. The molecule has 3 heteroatoms. The number of nitrogens with zero attached hydrogens (tertiary/aromatic N) is 2. The molecule has 72 valence electrons. The van der Waals surface area contributed by atoms with E-state index in [0.717, 1.165) is 19.5 Å². The molecule has 13 heavy (non-hydrogen) atoms. The zero-order valence-corrected chi connectivity index (χ0v) is 7.95. The summed E-state index contributed by atoms with van der Waals surface area (Å²) in [5.41, 5.74) is 6.02. The van der Waals surface area contributed by atoms with E-state index in [9.17, 15) is 0 Å². The summed E-state index contributed by atoms with van der Waals surface area (Å²) in [6.45, 7) is 2.03. The fourth-order valence-electron chi connectivity index (χ4n) is 2.62. The first-order valence-electron chi connectivity index (χ1n) is 5.20. The Morgan fingerprint density at radius 3 is 2.69 bits per heavy atom. The lowest BCUT2D eigenvalue weighted by molar-refractivity contribution is 0.225. The lowest BCUT2D eigenvalue weighted by Gasteiger charge is -2.26. The highest BCUT2D eigenvalue weighted by Gasteiger charge is 2.33. The second-order valence-corrected chi connectivity index (χ2v) is 4.27. The van der Waals surface area contributed by atoms with Gasteiger partial charge in [-0.1, -0.05) is 6.42 Å². The smallest absolute Gasteiger partial charge is 0.0669 e. The molecule has 3 nitrogen and oxygen atoms in total. The zero-order chi connectivity index (χ0) is 9.26. The molecule has 2 fully saturated rings. The van der Waals surface area contributed by atoms with Gasteiger partial charge in [-0.2, -0.15) is 5.26 Å². The van der Waals surface area contributed by atoms with Crippen molar-refractivity contribution in [1.29, 1.82) is 5.26 Å². The van der Waals surface area contributed by atoms with E-state index < -0.39 is 0 Å². The molecule has 3 atom stereocenters. The molecule has 0 aromatic heterocycles. The summed E-state index contributed by atoms with van der Waals surface area (Å²) >= 11 is 0. The van der Waals surface area contributed by atoms with Crippen LogP contribution in [0.3, 0.4) is 0 Å². The third-order valence-electron chi connectivity index (χ3n) is 3.40. The van der Waals surface area contributed by atoms with Gasteiger partial charge in [0, 0.05) is 18.6 Å². The highest BCUT2D eigenvalue weighted by molar-refractivity contribution is 4.96. The minimum Gasteiger partial charge on any atom is -0.326 e. The molecule has 2 aliphatic rings. The Hall–Kier alpha value is -0.590. The minimum absolute atomic E-state index is 0.257. The molecule has 2 rings (SSSR count). The van der Waals surface area contributed by atoms with Crippen LogP contribution < -0.4 is 5.73 Å². The van der Waals surface area contributed by atoms with Crippen LogP contribution in [0.15, 0.2) is 0 Å². The summed E-state index contributed by atoms with van der Waals surface area (Å²) in [5, 5.41) is 8.78. The first-order valence-corrected chi connectivity index (χ1v) is 5.20. The number of rotatable bonds is 1. The van der Waals surface area contributed by atoms with E-state index in [1.54, 1.807) is 0 Å². The molecule has 0 amide bonds. The molecule has 2 N–H and O–H groups in total. The van der Waals surface area contributed by atoms with Crippen molar-refractivity contribution in [3.8, 4) is 6.07 Å². The predicted molar refractivity (Wildman–Crippen MR) is 50.9 cm³/mol. The number of hydrogen-bond donors (Lipinski definition) is 1. The van der Waals surface area contributed by atoms with Crippen LogP contribution in [-0.4, -0.2) is 30.1 Å². The molecule has 1 saturated carbocycles. The van der Waals surface area contributed by atoms with Gasteiger partial charge in [0.05, 0.1) is 12.0 Å². The van der Waals surface area contributed by atoms with Crippen LogP contribution in [0, 0.1) is 17.2 Å². The van der Waals surface area contributed by atoms with Crippen LogP contribution in [0.25, 0.3) is 0 Å². The van der Waals surface area contributed by atoms with Crippen molar-refractivity contribution in [2.45, 2.75) is 37.8 Å². The normalized spacial score (nSPS) is 40.8. The van der Waals surface area contributed by atoms with Crippen LogP contribution in [0.2, 0.25) is 0 Å². The van der Waals surface area contributed by atoms with Crippen molar-refractivity contribution in [2.24, 2.45) is 11.7 Å². The van der Waals surface area contributed by atoms with E-state index in [1.165, 1.54) is 19.3 Å². The second kappa shape index (κ2) is 3.65. The standard InChI is InChI=1S/C10H17N3/c11-6-8-4-5-13(7-8)10-3-1-2-9(10)12/h8-10H,1-5,7,12H2. The second-order valence-electron chi connectivity index (χ2n) is 4.27. The molecule has 1 saturated heterocycles. The third-order valence-corrected chi connectivity index (χ3v) is 3.40. The summed E-state index contributed by atoms with van der Waals surface area (Å²) in [6, 6.07) is 3.28. The molecular weight excluding hydrogens is 162 g/mol. The Balaban J connectivity index is 1.92.